The number of hydrogen-bond donors (Lipinski definition) is 0. The van der Waals surface area contributed by atoms with Crippen molar-refractivity contribution in [1.29, 1.82) is 0 Å². The van der Waals surface area contributed by atoms with Crippen LogP contribution in [-0.4, -0.2) is 56.7 Å². The van der Waals surface area contributed by atoms with Crippen LogP contribution in [0.25, 0.3) is 11.5 Å². The van der Waals surface area contributed by atoms with Crippen molar-refractivity contribution in [2.24, 2.45) is 5.92 Å². The van der Waals surface area contributed by atoms with Crippen LogP contribution in [-0.2, 0) is 17.5 Å². The summed E-state index contributed by atoms with van der Waals surface area (Å²) in [6.07, 6.45) is -8.82. The predicted molar refractivity (Wildman–Crippen MR) is 109 cm³/mol. The topological polar surface area (TPSA) is 82.4 Å². The smallest absolute Gasteiger partial charge is 0.406 e. The average molecular weight is 531 g/mol. The largest absolute Gasteiger partial charge is 0.573 e. The molecule has 15 heteroatoms. The maximum Gasteiger partial charge on any atom is 0.573 e. The molecule has 2 bridgehead atoms. The molecule has 1 aromatic carbocycles. The van der Waals surface area contributed by atoms with Gasteiger partial charge in [0.05, 0.1) is 24.3 Å². The molecular weight excluding hydrogens is 515 g/mol. The first kappa shape index (κ1) is 24.9. The second-order valence-corrected chi connectivity index (χ2v) is 8.46. The number of benzene rings is 1. The number of aromatic nitrogens is 4. The SMILES string of the molecule is O=C(c1cccc(C(F)(F)F)c1F)N1CC2COC[C@@H]1c1nnc(-c3cc(OC(F)(F)F)ccn3)n1C2. The van der Waals surface area contributed by atoms with Crippen LogP contribution in [0.15, 0.2) is 36.5 Å². The zero-order valence-electron chi connectivity index (χ0n) is 18.6. The molecule has 2 aromatic heterocycles. The molecule has 0 radical (unpaired) electrons. The zero-order valence-corrected chi connectivity index (χ0v) is 18.6. The van der Waals surface area contributed by atoms with Gasteiger partial charge in [0.1, 0.15) is 23.3 Å². The highest BCUT2D eigenvalue weighted by Crippen LogP contribution is 2.36. The minimum absolute atomic E-state index is 0.00659. The summed E-state index contributed by atoms with van der Waals surface area (Å²) >= 11 is 0. The molecule has 0 spiro atoms. The maximum atomic E-state index is 14.8. The van der Waals surface area contributed by atoms with Crippen LogP contribution >= 0.6 is 0 Å². The Kier molecular flexibility index (Phi) is 6.04. The highest BCUT2D eigenvalue weighted by Gasteiger charge is 2.42. The van der Waals surface area contributed by atoms with Gasteiger partial charge in [0.25, 0.3) is 5.91 Å². The monoisotopic (exact) mass is 531 g/mol. The number of alkyl halides is 6. The normalized spacial score (nSPS) is 19.8. The first-order valence-electron chi connectivity index (χ1n) is 10.8. The van der Waals surface area contributed by atoms with E-state index in [-0.39, 0.29) is 43.6 Å². The number of amides is 1. The van der Waals surface area contributed by atoms with Crippen molar-refractivity contribution >= 4 is 5.91 Å². The first-order valence-corrected chi connectivity index (χ1v) is 10.8. The Morgan fingerprint density at radius 1 is 1.05 bits per heavy atom. The summed E-state index contributed by atoms with van der Waals surface area (Å²) < 4.78 is 104. The van der Waals surface area contributed by atoms with Gasteiger partial charge in [-0.05, 0) is 18.2 Å². The predicted octanol–water partition coefficient (Wildman–Crippen LogP) is 4.24. The number of hydrogen-bond acceptors (Lipinski definition) is 6. The molecule has 1 saturated heterocycles. The number of fused-ring (bicyclic) bond motifs is 5. The summed E-state index contributed by atoms with van der Waals surface area (Å²) in [5.74, 6) is -3.34. The zero-order chi connectivity index (χ0) is 26.5. The van der Waals surface area contributed by atoms with Gasteiger partial charge in [-0.15, -0.1) is 23.4 Å². The number of halogens is 7. The van der Waals surface area contributed by atoms with Crippen LogP contribution in [0.2, 0.25) is 0 Å². The molecule has 2 aliphatic heterocycles. The molecule has 0 saturated carbocycles. The van der Waals surface area contributed by atoms with E-state index in [1.54, 1.807) is 4.57 Å². The molecule has 37 heavy (non-hydrogen) atoms. The van der Waals surface area contributed by atoms with E-state index in [2.05, 4.69) is 19.9 Å². The highest BCUT2D eigenvalue weighted by atomic mass is 19.4. The third kappa shape index (κ3) is 4.82. The van der Waals surface area contributed by atoms with Crippen LogP contribution in [0.4, 0.5) is 30.7 Å². The van der Waals surface area contributed by atoms with E-state index in [1.807, 2.05) is 0 Å². The number of ether oxygens (including phenoxy) is 2. The molecule has 1 amide bonds. The van der Waals surface area contributed by atoms with Crippen LogP contribution < -0.4 is 4.74 Å². The molecule has 196 valence electrons. The van der Waals surface area contributed by atoms with E-state index in [0.29, 0.717) is 6.07 Å². The highest BCUT2D eigenvalue weighted by molar-refractivity contribution is 5.95. The van der Waals surface area contributed by atoms with Crippen molar-refractivity contribution in [2.75, 3.05) is 19.8 Å². The Bertz CT molecular complexity index is 1340. The fourth-order valence-electron chi connectivity index (χ4n) is 4.43. The van der Waals surface area contributed by atoms with E-state index in [1.165, 1.54) is 4.90 Å². The van der Waals surface area contributed by atoms with E-state index in [9.17, 15) is 35.5 Å². The average Bonchev–Trinajstić information content (AvgIpc) is 2.99. The van der Waals surface area contributed by atoms with E-state index in [4.69, 9.17) is 4.74 Å². The van der Waals surface area contributed by atoms with Gasteiger partial charge in [-0.3, -0.25) is 9.78 Å². The lowest BCUT2D eigenvalue weighted by Crippen LogP contribution is -2.38. The molecule has 2 atom stereocenters. The van der Waals surface area contributed by atoms with Gasteiger partial charge in [0, 0.05) is 31.3 Å². The summed E-state index contributed by atoms with van der Waals surface area (Å²) in [5, 5.41) is 8.12. The van der Waals surface area contributed by atoms with Crippen molar-refractivity contribution in [3.8, 4) is 17.3 Å². The van der Waals surface area contributed by atoms with Crippen LogP contribution in [0, 0.1) is 11.7 Å². The third-order valence-corrected chi connectivity index (χ3v) is 5.97. The van der Waals surface area contributed by atoms with Crippen molar-refractivity contribution < 1.29 is 45.0 Å². The second kappa shape index (κ2) is 8.97. The summed E-state index contributed by atoms with van der Waals surface area (Å²) in [4.78, 5) is 18.6. The van der Waals surface area contributed by atoms with Crippen LogP contribution in [0.5, 0.6) is 5.75 Å². The van der Waals surface area contributed by atoms with Gasteiger partial charge in [-0.2, -0.15) is 13.2 Å². The molecule has 4 heterocycles. The van der Waals surface area contributed by atoms with Crippen LogP contribution in [0.1, 0.15) is 27.8 Å². The molecule has 8 nitrogen and oxygen atoms in total. The molecule has 0 aliphatic carbocycles. The Morgan fingerprint density at radius 3 is 2.57 bits per heavy atom. The van der Waals surface area contributed by atoms with Crippen molar-refractivity contribution in [3.05, 3.63) is 59.3 Å². The Labute approximate surface area is 203 Å². The summed E-state index contributed by atoms with van der Waals surface area (Å²) in [5.41, 5.74) is -2.31. The van der Waals surface area contributed by atoms with E-state index < -0.39 is 53.1 Å². The lowest BCUT2D eigenvalue weighted by Gasteiger charge is -2.28. The number of carbonyl (C=O) groups excluding carboxylic acids is 1. The third-order valence-electron chi connectivity index (χ3n) is 5.97. The van der Waals surface area contributed by atoms with Gasteiger partial charge in [-0.25, -0.2) is 4.39 Å². The van der Waals surface area contributed by atoms with E-state index in [0.717, 1.165) is 30.5 Å². The molecular formula is C22H16F7N5O3. The first-order chi connectivity index (χ1) is 17.4. The fraction of sp³-hybridized carbons (Fsp3) is 0.364. The van der Waals surface area contributed by atoms with Crippen LogP contribution in [0.3, 0.4) is 0 Å². The molecule has 1 unspecified atom stereocenters. The standard InChI is InChI=1S/C22H16F7N5O3/c23-17-13(2-1-3-14(17)21(24,25)26)20(35)33-7-11-8-34-18(31-32-19(34)16(33)10-36-9-11)15-6-12(4-5-30-15)37-22(27,28)29/h1-6,11,16H,7-10H2/t11?,16-/m1/s1. The lowest BCUT2D eigenvalue weighted by molar-refractivity contribution is -0.274. The minimum atomic E-state index is -5.00. The lowest BCUT2D eigenvalue weighted by atomic mass is 10.1. The van der Waals surface area contributed by atoms with Gasteiger partial charge in [-0.1, -0.05) is 6.07 Å². The quantitative estimate of drug-likeness (QED) is 0.471. The summed E-state index contributed by atoms with van der Waals surface area (Å²) in [6, 6.07) is 3.55. The molecule has 5 rings (SSSR count). The van der Waals surface area contributed by atoms with E-state index >= 15 is 0 Å². The second-order valence-electron chi connectivity index (χ2n) is 8.46. The summed E-state index contributed by atoms with van der Waals surface area (Å²) in [6.45, 7) is 0.223. The van der Waals surface area contributed by atoms with Crippen molar-refractivity contribution in [2.45, 2.75) is 25.1 Å². The Hall–Kier alpha value is -3.75. The minimum Gasteiger partial charge on any atom is -0.406 e. The number of pyridine rings is 1. The number of carbonyl (C=O) groups is 1. The molecule has 1 fully saturated rings. The molecule has 3 aromatic rings. The number of nitrogens with zero attached hydrogens (tertiary/aromatic N) is 5. The summed E-state index contributed by atoms with van der Waals surface area (Å²) in [7, 11) is 0. The molecule has 0 N–H and O–H groups in total. The maximum absolute atomic E-state index is 14.8. The Morgan fingerprint density at radius 2 is 1.84 bits per heavy atom. The van der Waals surface area contributed by atoms with Gasteiger partial charge in [0.15, 0.2) is 11.6 Å². The van der Waals surface area contributed by atoms with Crippen molar-refractivity contribution in [1.82, 2.24) is 24.6 Å². The van der Waals surface area contributed by atoms with Gasteiger partial charge < -0.3 is 18.9 Å². The fourth-order valence-corrected chi connectivity index (χ4v) is 4.43. The molecule has 2 aliphatic rings. The number of rotatable bonds is 3. The van der Waals surface area contributed by atoms with Gasteiger partial charge in [0.2, 0.25) is 0 Å². The van der Waals surface area contributed by atoms with Gasteiger partial charge >= 0.3 is 12.5 Å². The Balaban J connectivity index is 1.53. The van der Waals surface area contributed by atoms with Crippen molar-refractivity contribution in [3.63, 3.8) is 0 Å².